The first-order chi connectivity index (χ1) is 25.7. The number of hydrogen-bond acceptors (Lipinski definition) is 0. The first-order valence-corrected chi connectivity index (χ1v) is 18.4. The van der Waals surface area contributed by atoms with Gasteiger partial charge in [0, 0.05) is 42.5 Å². The molecule has 0 aliphatic heterocycles. The molecule has 3 nitrogen and oxygen atoms in total. The van der Waals surface area contributed by atoms with Crippen LogP contribution < -0.4 is 0 Å². The molecule has 3 aromatic heterocycles. The van der Waals surface area contributed by atoms with Crippen LogP contribution in [0.4, 0.5) is 0 Å². The van der Waals surface area contributed by atoms with E-state index in [1.165, 1.54) is 65.5 Å². The first-order valence-electron chi connectivity index (χ1n) is 17.6. The molecular weight excluding hydrogens is 698 g/mol. The maximum Gasteiger partial charge on any atom is 0.0714 e. The Labute approximate surface area is 308 Å². The van der Waals surface area contributed by atoms with Crippen LogP contribution in [-0.2, 0) is 0 Å². The SMILES string of the molecule is Brc1cc(-n2c3ccccc3c3cc(-n4c5ccccc5c5ccccc54)ccc32)c(-n2c3ccccc3c3ccccc32)cc1-c1ccccc1. The summed E-state index contributed by atoms with van der Waals surface area (Å²) in [6.07, 6.45) is 0. The fraction of sp³-hybridized carbons (Fsp3) is 0. The molecule has 11 aromatic rings. The molecule has 0 amide bonds. The molecule has 0 bridgehead atoms. The van der Waals surface area contributed by atoms with Crippen molar-refractivity contribution in [1.29, 1.82) is 0 Å². The monoisotopic (exact) mass is 727 g/mol. The van der Waals surface area contributed by atoms with Crippen LogP contribution in [0, 0.1) is 0 Å². The third kappa shape index (κ3) is 4.19. The molecular formula is C48H30BrN3. The lowest BCUT2D eigenvalue weighted by Gasteiger charge is -2.20. The predicted octanol–water partition coefficient (Wildman–Crippen LogP) is 13.4. The number of benzene rings is 8. The minimum atomic E-state index is 1.05. The summed E-state index contributed by atoms with van der Waals surface area (Å²) in [7, 11) is 0. The fourth-order valence-corrected chi connectivity index (χ4v) is 9.05. The molecule has 0 atom stereocenters. The van der Waals surface area contributed by atoms with Crippen LogP contribution in [0.2, 0.25) is 0 Å². The molecule has 0 spiro atoms. The summed E-state index contributed by atoms with van der Waals surface area (Å²) in [5.74, 6) is 0. The molecule has 0 fully saturated rings. The number of nitrogens with zero attached hydrogens (tertiary/aromatic N) is 3. The second-order valence-corrected chi connectivity index (χ2v) is 14.3. The average Bonchev–Trinajstić information content (AvgIpc) is 3.84. The Morgan fingerprint density at radius 1 is 0.308 bits per heavy atom. The first kappa shape index (κ1) is 29.4. The zero-order chi connectivity index (χ0) is 34.3. The maximum atomic E-state index is 4.05. The normalized spacial score (nSPS) is 11.9. The van der Waals surface area contributed by atoms with E-state index in [2.05, 4.69) is 212 Å². The van der Waals surface area contributed by atoms with Crippen LogP contribution in [0.25, 0.3) is 93.6 Å². The van der Waals surface area contributed by atoms with E-state index in [9.17, 15) is 0 Å². The Bertz CT molecular complexity index is 3090. The van der Waals surface area contributed by atoms with E-state index in [0.717, 1.165) is 32.6 Å². The number of rotatable bonds is 4. The Hall–Kier alpha value is -6.36. The summed E-state index contributed by atoms with van der Waals surface area (Å²) in [5, 5.41) is 7.44. The van der Waals surface area contributed by atoms with Crippen molar-refractivity contribution < 1.29 is 0 Å². The van der Waals surface area contributed by atoms with Gasteiger partial charge in [0.05, 0.1) is 44.5 Å². The summed E-state index contributed by atoms with van der Waals surface area (Å²) < 4.78 is 8.36. The van der Waals surface area contributed by atoms with Crippen LogP contribution in [0.5, 0.6) is 0 Å². The van der Waals surface area contributed by atoms with E-state index >= 15 is 0 Å². The molecule has 0 aliphatic carbocycles. The lowest BCUT2D eigenvalue weighted by atomic mass is 10.0. The van der Waals surface area contributed by atoms with Gasteiger partial charge in [-0.2, -0.15) is 0 Å². The molecule has 0 radical (unpaired) electrons. The fourth-order valence-electron chi connectivity index (χ4n) is 8.49. The second-order valence-electron chi connectivity index (χ2n) is 13.5. The quantitative estimate of drug-likeness (QED) is 0.171. The highest BCUT2D eigenvalue weighted by Gasteiger charge is 2.22. The molecule has 0 aliphatic rings. The van der Waals surface area contributed by atoms with Crippen molar-refractivity contribution in [1.82, 2.24) is 13.7 Å². The number of halogens is 1. The number of aromatic nitrogens is 3. The Morgan fingerprint density at radius 3 is 1.19 bits per heavy atom. The zero-order valence-electron chi connectivity index (χ0n) is 28.0. The molecule has 3 heterocycles. The largest absolute Gasteiger partial charge is 0.309 e. The van der Waals surface area contributed by atoms with Gasteiger partial charge in [-0.25, -0.2) is 0 Å². The maximum absolute atomic E-state index is 4.05. The van der Waals surface area contributed by atoms with Gasteiger partial charge < -0.3 is 13.7 Å². The molecule has 244 valence electrons. The second kappa shape index (κ2) is 11.3. The third-order valence-corrected chi connectivity index (χ3v) is 11.4. The van der Waals surface area contributed by atoms with Crippen molar-refractivity contribution in [3.05, 3.63) is 186 Å². The minimum absolute atomic E-state index is 1.05. The molecule has 8 aromatic carbocycles. The van der Waals surface area contributed by atoms with Crippen LogP contribution >= 0.6 is 15.9 Å². The van der Waals surface area contributed by atoms with Gasteiger partial charge in [0.2, 0.25) is 0 Å². The average molecular weight is 729 g/mol. The molecule has 52 heavy (non-hydrogen) atoms. The number of para-hydroxylation sites is 5. The van der Waals surface area contributed by atoms with E-state index < -0.39 is 0 Å². The molecule has 0 saturated carbocycles. The lowest BCUT2D eigenvalue weighted by Crippen LogP contribution is -2.04. The van der Waals surface area contributed by atoms with Gasteiger partial charge in [-0.05, 0) is 71.8 Å². The van der Waals surface area contributed by atoms with Gasteiger partial charge in [0.15, 0.2) is 0 Å². The van der Waals surface area contributed by atoms with Gasteiger partial charge >= 0.3 is 0 Å². The summed E-state index contributed by atoms with van der Waals surface area (Å²) in [5.41, 5.74) is 12.8. The topological polar surface area (TPSA) is 14.8 Å². The molecule has 0 unspecified atom stereocenters. The lowest BCUT2D eigenvalue weighted by molar-refractivity contribution is 1.09. The van der Waals surface area contributed by atoms with Crippen molar-refractivity contribution >= 4 is 81.3 Å². The van der Waals surface area contributed by atoms with Crippen molar-refractivity contribution in [3.8, 4) is 28.2 Å². The van der Waals surface area contributed by atoms with Gasteiger partial charge in [-0.15, -0.1) is 0 Å². The summed E-state index contributed by atoms with van der Waals surface area (Å²) in [6.45, 7) is 0. The van der Waals surface area contributed by atoms with Crippen molar-refractivity contribution in [3.63, 3.8) is 0 Å². The van der Waals surface area contributed by atoms with Crippen LogP contribution in [0.3, 0.4) is 0 Å². The molecule has 11 rings (SSSR count). The standard InChI is InChI=1S/C48H30BrN3/c49-40-30-48(47(29-38(40)31-14-2-1-3-15-31)51-43-23-11-6-18-35(43)36-19-7-12-24-44(36)51)52-45-25-13-8-20-37(45)39-28-32(26-27-46(39)52)50-41-21-9-4-16-33(41)34-17-5-10-22-42(34)50/h1-30H. The minimum Gasteiger partial charge on any atom is -0.309 e. The summed E-state index contributed by atoms with van der Waals surface area (Å²) >= 11 is 4.05. The molecule has 4 heteroatoms. The van der Waals surface area contributed by atoms with E-state index in [1.807, 2.05) is 0 Å². The van der Waals surface area contributed by atoms with Crippen molar-refractivity contribution in [2.45, 2.75) is 0 Å². The van der Waals surface area contributed by atoms with E-state index in [1.54, 1.807) is 0 Å². The predicted molar refractivity (Wildman–Crippen MR) is 223 cm³/mol. The Balaban J connectivity index is 1.25. The summed E-state index contributed by atoms with van der Waals surface area (Å²) in [6, 6.07) is 66.1. The highest BCUT2D eigenvalue weighted by Crippen LogP contribution is 2.43. The third-order valence-electron chi connectivity index (χ3n) is 10.7. The van der Waals surface area contributed by atoms with E-state index in [4.69, 9.17) is 0 Å². The highest BCUT2D eigenvalue weighted by molar-refractivity contribution is 9.10. The zero-order valence-corrected chi connectivity index (χ0v) is 29.6. The van der Waals surface area contributed by atoms with Crippen molar-refractivity contribution in [2.75, 3.05) is 0 Å². The van der Waals surface area contributed by atoms with Crippen LogP contribution in [-0.4, -0.2) is 13.7 Å². The number of hydrogen-bond donors (Lipinski definition) is 0. The number of fused-ring (bicyclic) bond motifs is 9. The van der Waals surface area contributed by atoms with Crippen molar-refractivity contribution in [2.24, 2.45) is 0 Å². The van der Waals surface area contributed by atoms with Crippen LogP contribution in [0.1, 0.15) is 0 Å². The molecule has 0 N–H and O–H groups in total. The van der Waals surface area contributed by atoms with Gasteiger partial charge in [0.1, 0.15) is 0 Å². The smallest absolute Gasteiger partial charge is 0.0714 e. The van der Waals surface area contributed by atoms with E-state index in [0.29, 0.717) is 0 Å². The highest BCUT2D eigenvalue weighted by atomic mass is 79.9. The Morgan fingerprint density at radius 2 is 0.692 bits per heavy atom. The van der Waals surface area contributed by atoms with Gasteiger partial charge in [-0.1, -0.05) is 137 Å². The van der Waals surface area contributed by atoms with E-state index in [-0.39, 0.29) is 0 Å². The summed E-state index contributed by atoms with van der Waals surface area (Å²) in [4.78, 5) is 0. The molecule has 0 saturated heterocycles. The van der Waals surface area contributed by atoms with Gasteiger partial charge in [0.25, 0.3) is 0 Å². The van der Waals surface area contributed by atoms with Crippen LogP contribution in [0.15, 0.2) is 186 Å². The van der Waals surface area contributed by atoms with Gasteiger partial charge in [-0.3, -0.25) is 0 Å². The Kier molecular flexibility index (Phi) is 6.40.